The number of thiophene rings is 1. The lowest BCUT2D eigenvalue weighted by Crippen LogP contribution is -2.15. The average molecular weight is 342 g/mol. The third-order valence-corrected chi connectivity index (χ3v) is 4.27. The molecule has 0 atom stereocenters. The number of aromatic amines is 2. The van der Waals surface area contributed by atoms with Gasteiger partial charge >= 0.3 is 0 Å². The van der Waals surface area contributed by atoms with E-state index in [4.69, 9.17) is 0 Å². The number of H-pyrrole nitrogens is 2. The molecule has 0 saturated carbocycles. The van der Waals surface area contributed by atoms with Crippen LogP contribution in [-0.2, 0) is 12.8 Å². The zero-order valence-electron chi connectivity index (χ0n) is 13.0. The molecule has 3 aromatic rings. The van der Waals surface area contributed by atoms with Gasteiger partial charge in [0.25, 0.3) is 5.56 Å². The standard InChI is InChI=1S/C17H18N4O2S/c22-15-9-12(3-6-18-15)2-1-5-19-17-20-14(10-16(23)21-17)8-13-4-7-24-11-13/h3-4,6-7,9-11H,1-2,5,8H2,(H,18,22)(H2,19,20,21,23). The number of pyridine rings is 1. The number of hydrogen-bond donors (Lipinski definition) is 3. The lowest BCUT2D eigenvalue weighted by atomic mass is 10.1. The largest absolute Gasteiger partial charge is 0.356 e. The van der Waals surface area contributed by atoms with E-state index in [1.54, 1.807) is 23.6 Å². The number of nitrogens with one attached hydrogen (secondary N) is 3. The van der Waals surface area contributed by atoms with Crippen LogP contribution in [0.2, 0.25) is 0 Å². The normalized spacial score (nSPS) is 10.7. The number of nitrogens with zero attached hydrogens (tertiary/aromatic N) is 1. The maximum atomic E-state index is 11.8. The van der Waals surface area contributed by atoms with Gasteiger partial charge in [-0.1, -0.05) is 0 Å². The first kappa shape index (κ1) is 16.2. The smallest absolute Gasteiger partial charge is 0.252 e. The summed E-state index contributed by atoms with van der Waals surface area (Å²) in [6, 6.07) is 7.05. The molecule has 0 amide bonds. The zero-order chi connectivity index (χ0) is 16.8. The van der Waals surface area contributed by atoms with Crippen molar-refractivity contribution in [1.29, 1.82) is 0 Å². The van der Waals surface area contributed by atoms with Gasteiger partial charge in [0.2, 0.25) is 11.5 Å². The van der Waals surface area contributed by atoms with Gasteiger partial charge < -0.3 is 10.3 Å². The number of rotatable bonds is 7. The van der Waals surface area contributed by atoms with Gasteiger partial charge in [-0.3, -0.25) is 14.6 Å². The highest BCUT2D eigenvalue weighted by Gasteiger charge is 2.03. The van der Waals surface area contributed by atoms with E-state index in [9.17, 15) is 9.59 Å². The van der Waals surface area contributed by atoms with E-state index in [0.717, 1.165) is 29.7 Å². The number of anilines is 1. The van der Waals surface area contributed by atoms with Gasteiger partial charge in [-0.2, -0.15) is 11.3 Å². The van der Waals surface area contributed by atoms with Crippen molar-refractivity contribution in [3.05, 3.63) is 78.8 Å². The molecule has 0 aliphatic rings. The minimum absolute atomic E-state index is 0.0902. The summed E-state index contributed by atoms with van der Waals surface area (Å²) < 4.78 is 0. The Kier molecular flexibility index (Phi) is 5.22. The van der Waals surface area contributed by atoms with Crippen molar-refractivity contribution in [2.24, 2.45) is 0 Å². The van der Waals surface area contributed by atoms with Gasteiger partial charge in [-0.15, -0.1) is 0 Å². The second-order valence-electron chi connectivity index (χ2n) is 5.49. The molecule has 3 N–H and O–H groups in total. The Morgan fingerprint density at radius 3 is 2.83 bits per heavy atom. The molecule has 6 nitrogen and oxygen atoms in total. The van der Waals surface area contributed by atoms with Gasteiger partial charge in [0.15, 0.2) is 0 Å². The fourth-order valence-corrected chi connectivity index (χ4v) is 3.10. The second kappa shape index (κ2) is 7.74. The van der Waals surface area contributed by atoms with Crippen molar-refractivity contribution < 1.29 is 0 Å². The monoisotopic (exact) mass is 342 g/mol. The Morgan fingerprint density at radius 1 is 1.12 bits per heavy atom. The van der Waals surface area contributed by atoms with Crippen LogP contribution >= 0.6 is 11.3 Å². The maximum absolute atomic E-state index is 11.8. The first-order valence-electron chi connectivity index (χ1n) is 7.72. The van der Waals surface area contributed by atoms with Gasteiger partial charge in [0.05, 0.1) is 5.69 Å². The third kappa shape index (κ3) is 4.66. The van der Waals surface area contributed by atoms with Crippen molar-refractivity contribution in [3.8, 4) is 0 Å². The van der Waals surface area contributed by atoms with Gasteiger partial charge in [0, 0.05) is 31.3 Å². The third-order valence-electron chi connectivity index (χ3n) is 3.53. The fraction of sp³-hybridized carbons (Fsp3) is 0.235. The summed E-state index contributed by atoms with van der Waals surface area (Å²) >= 11 is 1.63. The molecule has 3 heterocycles. The van der Waals surface area contributed by atoms with E-state index in [2.05, 4.69) is 25.6 Å². The maximum Gasteiger partial charge on any atom is 0.252 e. The summed E-state index contributed by atoms with van der Waals surface area (Å²) in [7, 11) is 0. The fourth-order valence-electron chi connectivity index (χ4n) is 2.43. The van der Waals surface area contributed by atoms with Crippen molar-refractivity contribution >= 4 is 17.3 Å². The van der Waals surface area contributed by atoms with E-state index in [1.165, 1.54) is 6.07 Å². The van der Waals surface area contributed by atoms with Crippen LogP contribution in [0.5, 0.6) is 0 Å². The molecule has 0 bridgehead atoms. The van der Waals surface area contributed by atoms with Crippen molar-refractivity contribution in [2.45, 2.75) is 19.3 Å². The Labute approximate surface area is 142 Å². The number of hydrogen-bond acceptors (Lipinski definition) is 5. The quantitative estimate of drug-likeness (QED) is 0.574. The SMILES string of the molecule is O=c1cc(CCCNc2nc(Cc3ccsc3)cc(=O)[nH]2)cc[nH]1. The van der Waals surface area contributed by atoms with Crippen LogP contribution in [0.3, 0.4) is 0 Å². The predicted molar refractivity (Wildman–Crippen MR) is 95.9 cm³/mol. The van der Waals surface area contributed by atoms with Crippen LogP contribution in [0.25, 0.3) is 0 Å². The summed E-state index contributed by atoms with van der Waals surface area (Å²) in [6.07, 6.45) is 3.92. The molecule has 3 rings (SSSR count). The molecule has 24 heavy (non-hydrogen) atoms. The van der Waals surface area contributed by atoms with E-state index in [0.29, 0.717) is 18.9 Å². The summed E-state index contributed by atoms with van der Waals surface area (Å²) in [4.78, 5) is 32.7. The Balaban J connectivity index is 1.56. The van der Waals surface area contributed by atoms with Crippen LogP contribution in [0, 0.1) is 0 Å². The van der Waals surface area contributed by atoms with Gasteiger partial charge in [-0.25, -0.2) is 4.98 Å². The molecule has 7 heteroatoms. The average Bonchev–Trinajstić information content (AvgIpc) is 3.04. The molecule has 0 unspecified atom stereocenters. The second-order valence-corrected chi connectivity index (χ2v) is 6.27. The van der Waals surface area contributed by atoms with Crippen molar-refractivity contribution in [1.82, 2.24) is 15.0 Å². The van der Waals surface area contributed by atoms with Crippen LogP contribution < -0.4 is 16.4 Å². The van der Waals surface area contributed by atoms with Crippen LogP contribution in [0.15, 0.2) is 50.8 Å². The Bertz CT molecular complexity index is 899. The summed E-state index contributed by atoms with van der Waals surface area (Å²) in [5, 5.41) is 7.20. The molecule has 0 fully saturated rings. The van der Waals surface area contributed by atoms with Crippen LogP contribution in [0.1, 0.15) is 23.2 Å². The van der Waals surface area contributed by atoms with E-state index >= 15 is 0 Å². The number of aromatic nitrogens is 3. The van der Waals surface area contributed by atoms with Gasteiger partial charge in [-0.05, 0) is 46.9 Å². The minimum Gasteiger partial charge on any atom is -0.356 e. The number of aryl methyl sites for hydroxylation is 1. The molecular weight excluding hydrogens is 324 g/mol. The van der Waals surface area contributed by atoms with Crippen LogP contribution in [0.4, 0.5) is 5.95 Å². The highest BCUT2D eigenvalue weighted by molar-refractivity contribution is 7.07. The lowest BCUT2D eigenvalue weighted by molar-refractivity contribution is 0.844. The molecular formula is C17H18N4O2S. The minimum atomic E-state index is -0.160. The van der Waals surface area contributed by atoms with Gasteiger partial charge in [0.1, 0.15) is 0 Å². The van der Waals surface area contributed by atoms with E-state index < -0.39 is 0 Å². The van der Waals surface area contributed by atoms with E-state index in [-0.39, 0.29) is 11.1 Å². The highest BCUT2D eigenvalue weighted by atomic mass is 32.1. The molecule has 0 aromatic carbocycles. The summed E-state index contributed by atoms with van der Waals surface area (Å²) in [5.74, 6) is 0.485. The van der Waals surface area contributed by atoms with E-state index in [1.807, 2.05) is 17.5 Å². The van der Waals surface area contributed by atoms with Crippen LogP contribution in [-0.4, -0.2) is 21.5 Å². The topological polar surface area (TPSA) is 90.6 Å². The summed E-state index contributed by atoms with van der Waals surface area (Å²) in [6.45, 7) is 0.664. The molecule has 3 aromatic heterocycles. The highest BCUT2D eigenvalue weighted by Crippen LogP contribution is 2.11. The zero-order valence-corrected chi connectivity index (χ0v) is 13.9. The lowest BCUT2D eigenvalue weighted by Gasteiger charge is -2.07. The molecule has 0 spiro atoms. The molecule has 0 aliphatic heterocycles. The Morgan fingerprint density at radius 2 is 2.04 bits per heavy atom. The predicted octanol–water partition coefficient (Wildman–Crippen LogP) is 2.16. The van der Waals surface area contributed by atoms with Crippen molar-refractivity contribution in [3.63, 3.8) is 0 Å². The molecule has 124 valence electrons. The first-order chi connectivity index (χ1) is 11.7. The molecule has 0 aliphatic carbocycles. The summed E-state index contributed by atoms with van der Waals surface area (Å²) in [5.41, 5.74) is 2.64. The Hall–Kier alpha value is -2.67. The molecule has 0 radical (unpaired) electrons. The van der Waals surface area contributed by atoms with Crippen molar-refractivity contribution in [2.75, 3.05) is 11.9 Å². The first-order valence-corrected chi connectivity index (χ1v) is 8.66. The molecule has 0 saturated heterocycles.